The smallest absolute Gasteiger partial charge is 0.125 e. The second-order valence-electron chi connectivity index (χ2n) is 4.27. The predicted octanol–water partition coefficient (Wildman–Crippen LogP) is 3.29. The van der Waals surface area contributed by atoms with Crippen LogP contribution < -0.4 is 0 Å². The van der Waals surface area contributed by atoms with Gasteiger partial charge in [-0.1, -0.05) is 13.8 Å². The second-order valence-corrected chi connectivity index (χ2v) is 5.34. The van der Waals surface area contributed by atoms with E-state index in [1.807, 2.05) is 17.5 Å². The van der Waals surface area contributed by atoms with Gasteiger partial charge in [-0.2, -0.15) is 0 Å². The van der Waals surface area contributed by atoms with Crippen LogP contribution in [-0.4, -0.2) is 12.1 Å². The fourth-order valence-corrected chi connectivity index (χ4v) is 2.91. The molecule has 14 heavy (non-hydrogen) atoms. The van der Waals surface area contributed by atoms with E-state index in [-0.39, 0.29) is 5.60 Å². The van der Waals surface area contributed by atoms with Crippen LogP contribution in [0.1, 0.15) is 48.9 Å². The van der Waals surface area contributed by atoms with Gasteiger partial charge < -0.3 is 4.74 Å². The lowest BCUT2D eigenvalue weighted by Crippen LogP contribution is -2.35. The minimum Gasteiger partial charge on any atom is -0.371 e. The van der Waals surface area contributed by atoms with E-state index in [2.05, 4.69) is 18.8 Å². The van der Waals surface area contributed by atoms with Crippen molar-refractivity contribution in [2.24, 2.45) is 0 Å². The summed E-state index contributed by atoms with van der Waals surface area (Å²) in [6.45, 7) is 4.41. The van der Waals surface area contributed by atoms with Crippen LogP contribution >= 0.6 is 11.3 Å². The van der Waals surface area contributed by atoms with Crippen molar-refractivity contribution in [1.29, 1.82) is 0 Å². The number of ether oxygens (including phenoxy) is 1. The zero-order valence-corrected chi connectivity index (χ0v) is 9.86. The number of hydrogen-bond donors (Lipinski definition) is 0. The third-order valence-electron chi connectivity index (χ3n) is 3.03. The number of methoxy groups -OCH3 is 1. The molecule has 2 rings (SSSR count). The molecule has 1 aromatic heterocycles. The zero-order chi connectivity index (χ0) is 10.2. The average Bonchev–Trinajstić information content (AvgIpc) is 2.52. The molecule has 3 heteroatoms. The molecule has 1 aromatic rings. The van der Waals surface area contributed by atoms with Crippen LogP contribution in [0.2, 0.25) is 0 Å². The summed E-state index contributed by atoms with van der Waals surface area (Å²) in [7, 11) is 1.80. The fourth-order valence-electron chi connectivity index (χ4n) is 1.77. The van der Waals surface area contributed by atoms with Gasteiger partial charge in [0, 0.05) is 18.2 Å². The summed E-state index contributed by atoms with van der Waals surface area (Å²) in [4.78, 5) is 5.86. The van der Waals surface area contributed by atoms with Crippen LogP contribution in [0.5, 0.6) is 0 Å². The summed E-state index contributed by atoms with van der Waals surface area (Å²) < 4.78 is 5.60. The van der Waals surface area contributed by atoms with E-state index in [9.17, 15) is 0 Å². The van der Waals surface area contributed by atoms with Gasteiger partial charge in [0.25, 0.3) is 0 Å². The normalized spacial score (nSPS) is 19.7. The number of thiazole rings is 1. The Morgan fingerprint density at radius 1 is 1.50 bits per heavy atom. The Bertz CT molecular complexity index is 309. The molecule has 0 N–H and O–H groups in total. The highest BCUT2D eigenvalue weighted by Gasteiger charge is 2.41. The van der Waals surface area contributed by atoms with Gasteiger partial charge in [0.15, 0.2) is 0 Å². The Morgan fingerprint density at radius 2 is 2.21 bits per heavy atom. The van der Waals surface area contributed by atoms with Gasteiger partial charge in [-0.25, -0.2) is 4.98 Å². The molecule has 78 valence electrons. The number of aromatic nitrogens is 1. The number of nitrogens with zero attached hydrogens (tertiary/aromatic N) is 1. The summed E-state index contributed by atoms with van der Waals surface area (Å²) in [5, 5.41) is 1.18. The standard InChI is InChI=1S/C11H17NOS/c1-8(2)9-7-12-10(14-9)11(13-3)5-4-6-11/h7-8H,4-6H2,1-3H3. The lowest BCUT2D eigenvalue weighted by Gasteiger charge is -2.38. The van der Waals surface area contributed by atoms with Gasteiger partial charge in [0.05, 0.1) is 0 Å². The third-order valence-corrected chi connectivity index (χ3v) is 4.52. The lowest BCUT2D eigenvalue weighted by atomic mass is 9.80. The number of hydrogen-bond acceptors (Lipinski definition) is 3. The van der Waals surface area contributed by atoms with Crippen LogP contribution in [0.4, 0.5) is 0 Å². The first-order chi connectivity index (χ1) is 6.68. The monoisotopic (exact) mass is 211 g/mol. The van der Waals surface area contributed by atoms with Gasteiger partial charge in [-0.3, -0.25) is 0 Å². The van der Waals surface area contributed by atoms with Crippen molar-refractivity contribution in [1.82, 2.24) is 4.98 Å². The highest BCUT2D eigenvalue weighted by Crippen LogP contribution is 2.46. The Morgan fingerprint density at radius 3 is 2.57 bits per heavy atom. The average molecular weight is 211 g/mol. The molecule has 1 saturated carbocycles. The molecule has 1 aliphatic rings. The molecule has 2 nitrogen and oxygen atoms in total. The summed E-state index contributed by atoms with van der Waals surface area (Å²) >= 11 is 1.81. The third kappa shape index (κ3) is 1.48. The van der Waals surface area contributed by atoms with Crippen LogP contribution in [0, 0.1) is 0 Å². The molecule has 0 bridgehead atoms. The molecule has 1 fully saturated rings. The van der Waals surface area contributed by atoms with Crippen molar-refractivity contribution in [3.05, 3.63) is 16.1 Å². The van der Waals surface area contributed by atoms with Gasteiger partial charge in [-0.05, 0) is 25.2 Å². The molecule has 0 amide bonds. The Balaban J connectivity index is 2.23. The van der Waals surface area contributed by atoms with E-state index < -0.39 is 0 Å². The maximum absolute atomic E-state index is 5.60. The Hall–Kier alpha value is -0.410. The molecular weight excluding hydrogens is 194 g/mol. The molecule has 1 aliphatic carbocycles. The topological polar surface area (TPSA) is 22.1 Å². The molecule has 0 saturated heterocycles. The van der Waals surface area contributed by atoms with Gasteiger partial charge >= 0.3 is 0 Å². The zero-order valence-electron chi connectivity index (χ0n) is 9.04. The van der Waals surface area contributed by atoms with Crippen molar-refractivity contribution in [2.75, 3.05) is 7.11 Å². The summed E-state index contributed by atoms with van der Waals surface area (Å²) in [5.74, 6) is 0.579. The van der Waals surface area contributed by atoms with Gasteiger partial charge in [0.2, 0.25) is 0 Å². The molecule has 0 radical (unpaired) electrons. The summed E-state index contributed by atoms with van der Waals surface area (Å²) in [6, 6.07) is 0. The van der Waals surface area contributed by atoms with Gasteiger partial charge in [0.1, 0.15) is 10.6 Å². The molecule has 0 unspecified atom stereocenters. The number of rotatable bonds is 3. The largest absolute Gasteiger partial charge is 0.371 e. The second kappa shape index (κ2) is 3.63. The maximum atomic E-state index is 5.60. The van der Waals surface area contributed by atoms with Gasteiger partial charge in [-0.15, -0.1) is 11.3 Å². The van der Waals surface area contributed by atoms with E-state index in [1.165, 1.54) is 16.3 Å². The maximum Gasteiger partial charge on any atom is 0.125 e. The Kier molecular flexibility index (Phi) is 2.62. The molecule has 0 spiro atoms. The van der Waals surface area contributed by atoms with Crippen LogP contribution in [0.15, 0.2) is 6.20 Å². The molecule has 0 atom stereocenters. The predicted molar refractivity (Wildman–Crippen MR) is 58.7 cm³/mol. The van der Waals surface area contributed by atoms with Crippen molar-refractivity contribution in [3.63, 3.8) is 0 Å². The van der Waals surface area contributed by atoms with E-state index in [0.717, 1.165) is 12.8 Å². The molecule has 0 aliphatic heterocycles. The summed E-state index contributed by atoms with van der Waals surface area (Å²) in [5.41, 5.74) is -0.0300. The van der Waals surface area contributed by atoms with Crippen LogP contribution in [0.25, 0.3) is 0 Å². The Labute approximate surface area is 89.3 Å². The lowest BCUT2D eigenvalue weighted by molar-refractivity contribution is -0.0779. The quantitative estimate of drug-likeness (QED) is 0.765. The minimum atomic E-state index is -0.0300. The fraction of sp³-hybridized carbons (Fsp3) is 0.727. The van der Waals surface area contributed by atoms with Crippen molar-refractivity contribution in [2.45, 2.75) is 44.6 Å². The first-order valence-corrected chi connectivity index (χ1v) is 6.01. The SMILES string of the molecule is COC1(c2ncc(C(C)C)s2)CCC1. The first kappa shape index (κ1) is 10.1. The highest BCUT2D eigenvalue weighted by molar-refractivity contribution is 7.11. The van der Waals surface area contributed by atoms with Crippen molar-refractivity contribution < 1.29 is 4.74 Å². The van der Waals surface area contributed by atoms with Crippen LogP contribution in [0.3, 0.4) is 0 Å². The van der Waals surface area contributed by atoms with E-state index in [1.54, 1.807) is 7.11 Å². The summed E-state index contributed by atoms with van der Waals surface area (Å²) in [6.07, 6.45) is 5.54. The van der Waals surface area contributed by atoms with E-state index in [4.69, 9.17) is 4.74 Å². The highest BCUT2D eigenvalue weighted by atomic mass is 32.1. The first-order valence-electron chi connectivity index (χ1n) is 5.19. The van der Waals surface area contributed by atoms with E-state index >= 15 is 0 Å². The van der Waals surface area contributed by atoms with Crippen molar-refractivity contribution in [3.8, 4) is 0 Å². The van der Waals surface area contributed by atoms with E-state index in [0.29, 0.717) is 5.92 Å². The molecule has 0 aromatic carbocycles. The molecular formula is C11H17NOS. The van der Waals surface area contributed by atoms with Crippen molar-refractivity contribution >= 4 is 11.3 Å². The minimum absolute atomic E-state index is 0.0300. The molecule has 1 heterocycles. The van der Waals surface area contributed by atoms with Crippen LogP contribution in [-0.2, 0) is 10.3 Å².